The van der Waals surface area contributed by atoms with Crippen LogP contribution >= 0.6 is 11.5 Å². The molecule has 9 heavy (non-hydrogen) atoms. The first-order chi connectivity index (χ1) is 4.22. The molecule has 1 aromatic heterocycles. The Morgan fingerprint density at radius 2 is 2.33 bits per heavy atom. The van der Waals surface area contributed by atoms with Crippen molar-refractivity contribution in [3.05, 3.63) is 11.1 Å². The molecule has 0 saturated carbocycles. The Morgan fingerprint density at radius 3 is 2.56 bits per heavy atom. The number of aromatic hydroxyl groups is 1. The van der Waals surface area contributed by atoms with E-state index in [0.717, 1.165) is 5.69 Å². The SMILES string of the molecule is CC(C)c1nscc1O. The first-order valence-electron chi connectivity index (χ1n) is 2.85. The van der Waals surface area contributed by atoms with Gasteiger partial charge in [-0.25, -0.2) is 0 Å². The summed E-state index contributed by atoms with van der Waals surface area (Å²) in [6, 6.07) is 0. The Morgan fingerprint density at radius 1 is 1.67 bits per heavy atom. The molecule has 1 N–H and O–H groups in total. The highest BCUT2D eigenvalue weighted by atomic mass is 32.1. The van der Waals surface area contributed by atoms with Crippen molar-refractivity contribution in [2.75, 3.05) is 0 Å². The molecule has 1 aromatic rings. The molecule has 0 atom stereocenters. The summed E-state index contributed by atoms with van der Waals surface area (Å²) in [6.07, 6.45) is 0. The van der Waals surface area contributed by atoms with Gasteiger partial charge in [0.2, 0.25) is 0 Å². The zero-order valence-electron chi connectivity index (χ0n) is 5.46. The summed E-state index contributed by atoms with van der Waals surface area (Å²) < 4.78 is 4.01. The lowest BCUT2D eigenvalue weighted by Crippen LogP contribution is -1.85. The second kappa shape index (κ2) is 2.35. The van der Waals surface area contributed by atoms with Crippen LogP contribution in [-0.4, -0.2) is 9.48 Å². The van der Waals surface area contributed by atoms with E-state index in [0.29, 0.717) is 11.7 Å². The Balaban J connectivity index is 2.94. The third-order valence-corrected chi connectivity index (χ3v) is 1.76. The normalized spacial score (nSPS) is 10.6. The average molecular weight is 143 g/mol. The van der Waals surface area contributed by atoms with Crippen molar-refractivity contribution < 1.29 is 5.11 Å². The summed E-state index contributed by atoms with van der Waals surface area (Å²) in [4.78, 5) is 0. The van der Waals surface area contributed by atoms with Crippen LogP contribution in [0.15, 0.2) is 5.38 Å². The average Bonchev–Trinajstić information content (AvgIpc) is 2.13. The molecule has 0 saturated heterocycles. The van der Waals surface area contributed by atoms with Crippen LogP contribution < -0.4 is 0 Å². The maximum absolute atomic E-state index is 9.07. The maximum atomic E-state index is 9.07. The van der Waals surface area contributed by atoms with E-state index in [1.54, 1.807) is 5.38 Å². The van der Waals surface area contributed by atoms with E-state index in [9.17, 15) is 0 Å². The second-order valence-corrected chi connectivity index (χ2v) is 2.87. The van der Waals surface area contributed by atoms with Gasteiger partial charge in [0, 0.05) is 5.92 Å². The van der Waals surface area contributed by atoms with E-state index < -0.39 is 0 Å². The largest absolute Gasteiger partial charge is 0.505 e. The van der Waals surface area contributed by atoms with Gasteiger partial charge in [-0.1, -0.05) is 13.8 Å². The summed E-state index contributed by atoms with van der Waals surface area (Å²) in [7, 11) is 0. The summed E-state index contributed by atoms with van der Waals surface area (Å²) in [5.74, 6) is 0.659. The highest BCUT2D eigenvalue weighted by molar-refractivity contribution is 7.03. The van der Waals surface area contributed by atoms with Gasteiger partial charge in [0.15, 0.2) is 0 Å². The van der Waals surface area contributed by atoms with Crippen LogP contribution in [0.4, 0.5) is 0 Å². The number of rotatable bonds is 1. The molecule has 0 aliphatic rings. The summed E-state index contributed by atoms with van der Waals surface area (Å²) >= 11 is 1.29. The van der Waals surface area contributed by atoms with E-state index in [1.807, 2.05) is 13.8 Å². The Kier molecular flexibility index (Phi) is 1.71. The third kappa shape index (κ3) is 1.21. The minimum absolute atomic E-state index is 0.329. The molecule has 0 unspecified atom stereocenters. The van der Waals surface area contributed by atoms with Gasteiger partial charge in [-0.3, -0.25) is 0 Å². The molecule has 0 spiro atoms. The fraction of sp³-hybridized carbons (Fsp3) is 0.500. The van der Waals surface area contributed by atoms with Crippen LogP contribution in [0.5, 0.6) is 5.75 Å². The monoisotopic (exact) mass is 143 g/mol. The van der Waals surface area contributed by atoms with Gasteiger partial charge in [-0.05, 0) is 11.5 Å². The van der Waals surface area contributed by atoms with Gasteiger partial charge in [-0.15, -0.1) is 0 Å². The van der Waals surface area contributed by atoms with Gasteiger partial charge in [-0.2, -0.15) is 4.37 Å². The minimum atomic E-state index is 0.329. The smallest absolute Gasteiger partial charge is 0.149 e. The predicted molar refractivity (Wildman–Crippen MR) is 37.9 cm³/mol. The van der Waals surface area contributed by atoms with Crippen LogP contribution in [0, 0.1) is 0 Å². The highest BCUT2D eigenvalue weighted by Crippen LogP contribution is 2.24. The summed E-state index contributed by atoms with van der Waals surface area (Å²) in [6.45, 7) is 4.02. The molecule has 0 fully saturated rings. The first-order valence-corrected chi connectivity index (χ1v) is 3.68. The third-order valence-electron chi connectivity index (χ3n) is 1.12. The van der Waals surface area contributed by atoms with Crippen molar-refractivity contribution in [1.29, 1.82) is 0 Å². The quantitative estimate of drug-likeness (QED) is 0.652. The number of hydrogen-bond acceptors (Lipinski definition) is 3. The molecule has 1 heterocycles. The van der Waals surface area contributed by atoms with E-state index in [4.69, 9.17) is 5.11 Å². The predicted octanol–water partition coefficient (Wildman–Crippen LogP) is 1.97. The van der Waals surface area contributed by atoms with E-state index in [1.165, 1.54) is 11.5 Å². The van der Waals surface area contributed by atoms with E-state index >= 15 is 0 Å². The molecule has 0 aliphatic carbocycles. The number of nitrogens with zero attached hydrogens (tertiary/aromatic N) is 1. The Hall–Kier alpha value is -0.570. The van der Waals surface area contributed by atoms with Crippen molar-refractivity contribution in [3.63, 3.8) is 0 Å². The fourth-order valence-corrected chi connectivity index (χ4v) is 1.33. The van der Waals surface area contributed by atoms with Crippen LogP contribution in [0.1, 0.15) is 25.5 Å². The maximum Gasteiger partial charge on any atom is 0.149 e. The number of aromatic nitrogens is 1. The minimum Gasteiger partial charge on any atom is -0.505 e. The van der Waals surface area contributed by atoms with Gasteiger partial charge in [0.25, 0.3) is 0 Å². The van der Waals surface area contributed by atoms with Crippen molar-refractivity contribution in [2.45, 2.75) is 19.8 Å². The molecule has 0 radical (unpaired) electrons. The molecule has 50 valence electrons. The number of hydrogen-bond donors (Lipinski definition) is 1. The van der Waals surface area contributed by atoms with Crippen LogP contribution in [0.25, 0.3) is 0 Å². The van der Waals surface area contributed by atoms with Gasteiger partial charge < -0.3 is 5.11 Å². The lowest BCUT2D eigenvalue weighted by Gasteiger charge is -1.97. The van der Waals surface area contributed by atoms with Crippen LogP contribution in [0.3, 0.4) is 0 Å². The summed E-state index contributed by atoms with van der Waals surface area (Å²) in [5, 5.41) is 10.7. The molecule has 0 bridgehead atoms. The fourth-order valence-electron chi connectivity index (χ4n) is 0.641. The molecule has 0 aromatic carbocycles. The molecule has 0 aliphatic heterocycles. The van der Waals surface area contributed by atoms with E-state index in [-0.39, 0.29) is 0 Å². The zero-order chi connectivity index (χ0) is 6.85. The lowest BCUT2D eigenvalue weighted by molar-refractivity contribution is 0.465. The van der Waals surface area contributed by atoms with Crippen molar-refractivity contribution in [1.82, 2.24) is 4.37 Å². The van der Waals surface area contributed by atoms with Crippen LogP contribution in [0.2, 0.25) is 0 Å². The van der Waals surface area contributed by atoms with Crippen molar-refractivity contribution >= 4 is 11.5 Å². The molecule has 0 amide bonds. The van der Waals surface area contributed by atoms with Crippen molar-refractivity contribution in [3.8, 4) is 5.75 Å². The van der Waals surface area contributed by atoms with Gasteiger partial charge in [0.05, 0.1) is 11.1 Å². The topological polar surface area (TPSA) is 33.1 Å². The second-order valence-electron chi connectivity index (χ2n) is 2.24. The molecular formula is C6H9NOS. The molecule has 2 nitrogen and oxygen atoms in total. The van der Waals surface area contributed by atoms with Crippen LogP contribution in [-0.2, 0) is 0 Å². The standard InChI is InChI=1S/C6H9NOS/c1-4(2)6-5(8)3-9-7-6/h3-4,8H,1-2H3. The summed E-state index contributed by atoms with van der Waals surface area (Å²) in [5.41, 5.74) is 0.806. The lowest BCUT2D eigenvalue weighted by atomic mass is 10.1. The Labute approximate surface area is 58.3 Å². The van der Waals surface area contributed by atoms with Crippen molar-refractivity contribution in [2.24, 2.45) is 0 Å². The molecule has 1 rings (SSSR count). The highest BCUT2D eigenvalue weighted by Gasteiger charge is 2.06. The zero-order valence-corrected chi connectivity index (χ0v) is 6.27. The molecule has 3 heteroatoms. The Bertz CT molecular complexity index is 195. The van der Waals surface area contributed by atoms with Gasteiger partial charge in [0.1, 0.15) is 5.75 Å². The van der Waals surface area contributed by atoms with Gasteiger partial charge >= 0.3 is 0 Å². The first kappa shape index (κ1) is 6.55. The molecular weight excluding hydrogens is 134 g/mol. The van der Waals surface area contributed by atoms with E-state index in [2.05, 4.69) is 4.37 Å².